The third-order valence-corrected chi connectivity index (χ3v) is 5.19. The van der Waals surface area contributed by atoms with Crippen LogP contribution in [0.25, 0.3) is 0 Å². The minimum atomic E-state index is 0.0639. The highest BCUT2D eigenvalue weighted by atomic mass is 32.1. The summed E-state index contributed by atoms with van der Waals surface area (Å²) in [7, 11) is 0. The molecule has 0 bridgehead atoms. The number of H-pyrrole nitrogens is 1. The van der Waals surface area contributed by atoms with Gasteiger partial charge in [-0.05, 0) is 18.8 Å². The maximum Gasteiger partial charge on any atom is 0.304 e. The zero-order valence-electron chi connectivity index (χ0n) is 11.4. The lowest BCUT2D eigenvalue weighted by atomic mass is 9.83. The van der Waals surface area contributed by atoms with Crippen LogP contribution in [-0.2, 0) is 6.54 Å². The molecule has 1 aromatic rings. The summed E-state index contributed by atoms with van der Waals surface area (Å²) < 4.78 is 0. The van der Waals surface area contributed by atoms with Crippen LogP contribution in [0.15, 0.2) is 10.2 Å². The number of rotatable bonds is 3. The summed E-state index contributed by atoms with van der Waals surface area (Å²) in [5, 5.41) is 5.66. The summed E-state index contributed by atoms with van der Waals surface area (Å²) in [6.07, 6.45) is 7.01. The van der Waals surface area contributed by atoms with E-state index in [1.165, 1.54) is 43.4 Å². The molecule has 19 heavy (non-hydrogen) atoms. The summed E-state index contributed by atoms with van der Waals surface area (Å²) >= 11 is 1.27. The zero-order valence-corrected chi connectivity index (χ0v) is 12.2. The van der Waals surface area contributed by atoms with Crippen molar-refractivity contribution in [2.45, 2.75) is 44.7 Å². The first-order chi connectivity index (χ1) is 9.31. The Hall–Kier alpha value is -0.650. The molecule has 2 N–H and O–H groups in total. The smallest absolute Gasteiger partial charge is 0.304 e. The van der Waals surface area contributed by atoms with E-state index in [1.807, 2.05) is 5.38 Å². The van der Waals surface area contributed by atoms with Gasteiger partial charge in [0.25, 0.3) is 0 Å². The number of piperazine rings is 1. The van der Waals surface area contributed by atoms with Crippen LogP contribution in [0.3, 0.4) is 0 Å². The van der Waals surface area contributed by atoms with Gasteiger partial charge in [0.2, 0.25) is 0 Å². The lowest BCUT2D eigenvalue weighted by Crippen LogP contribution is -2.53. The molecule has 1 aliphatic heterocycles. The first kappa shape index (κ1) is 13.3. The van der Waals surface area contributed by atoms with Crippen molar-refractivity contribution in [3.63, 3.8) is 0 Å². The van der Waals surface area contributed by atoms with Crippen molar-refractivity contribution in [1.29, 1.82) is 0 Å². The molecule has 0 spiro atoms. The van der Waals surface area contributed by atoms with Crippen LogP contribution in [0, 0.1) is 5.92 Å². The number of aromatic amines is 1. The van der Waals surface area contributed by atoms with Gasteiger partial charge in [0.05, 0.1) is 0 Å². The van der Waals surface area contributed by atoms with E-state index in [2.05, 4.69) is 15.2 Å². The van der Waals surface area contributed by atoms with Crippen molar-refractivity contribution in [2.24, 2.45) is 5.92 Å². The molecule has 4 nitrogen and oxygen atoms in total. The van der Waals surface area contributed by atoms with Gasteiger partial charge >= 0.3 is 4.87 Å². The molecule has 106 valence electrons. The Morgan fingerprint density at radius 3 is 2.89 bits per heavy atom. The average molecular weight is 281 g/mol. The van der Waals surface area contributed by atoms with Crippen LogP contribution in [0.1, 0.15) is 37.8 Å². The fourth-order valence-electron chi connectivity index (χ4n) is 3.47. The second kappa shape index (κ2) is 6.20. The van der Waals surface area contributed by atoms with Gasteiger partial charge in [0.15, 0.2) is 0 Å². The van der Waals surface area contributed by atoms with E-state index in [-0.39, 0.29) is 4.87 Å². The van der Waals surface area contributed by atoms with Crippen LogP contribution in [0.5, 0.6) is 0 Å². The van der Waals surface area contributed by atoms with Gasteiger partial charge in [-0.1, -0.05) is 30.6 Å². The first-order valence-corrected chi connectivity index (χ1v) is 8.31. The predicted molar refractivity (Wildman–Crippen MR) is 78.6 cm³/mol. The lowest BCUT2D eigenvalue weighted by Gasteiger charge is -2.39. The van der Waals surface area contributed by atoms with Gasteiger partial charge in [-0.2, -0.15) is 0 Å². The Morgan fingerprint density at radius 2 is 2.16 bits per heavy atom. The molecule has 1 unspecified atom stereocenters. The minimum Gasteiger partial charge on any atom is -0.315 e. The molecule has 0 aromatic carbocycles. The molecule has 0 amide bonds. The fourth-order valence-corrected chi connectivity index (χ4v) is 4.04. The maximum absolute atomic E-state index is 11.2. The summed E-state index contributed by atoms with van der Waals surface area (Å²) in [4.78, 5) is 16.6. The van der Waals surface area contributed by atoms with E-state index in [0.29, 0.717) is 6.04 Å². The third kappa shape index (κ3) is 3.46. The van der Waals surface area contributed by atoms with Gasteiger partial charge in [-0.3, -0.25) is 9.69 Å². The second-order valence-electron chi connectivity index (χ2n) is 5.87. The monoisotopic (exact) mass is 281 g/mol. The Labute approximate surface area is 118 Å². The number of nitrogens with one attached hydrogen (secondary N) is 2. The van der Waals surface area contributed by atoms with E-state index >= 15 is 0 Å². The van der Waals surface area contributed by atoms with Crippen molar-refractivity contribution >= 4 is 11.3 Å². The molecule has 3 rings (SSSR count). The SMILES string of the molecule is O=c1[nH]c(CN2CCNC(C3CCCCC3)C2)cs1. The highest BCUT2D eigenvalue weighted by Crippen LogP contribution is 2.27. The van der Waals surface area contributed by atoms with Crippen molar-refractivity contribution < 1.29 is 0 Å². The molecule has 1 aliphatic carbocycles. The van der Waals surface area contributed by atoms with Gasteiger partial charge in [0, 0.05) is 43.3 Å². The van der Waals surface area contributed by atoms with Gasteiger partial charge in [-0.25, -0.2) is 0 Å². The summed E-state index contributed by atoms with van der Waals surface area (Å²) in [6, 6.07) is 0.652. The van der Waals surface area contributed by atoms with E-state index in [4.69, 9.17) is 0 Å². The lowest BCUT2D eigenvalue weighted by molar-refractivity contribution is 0.140. The van der Waals surface area contributed by atoms with E-state index < -0.39 is 0 Å². The second-order valence-corrected chi connectivity index (χ2v) is 6.71. The molecule has 5 heteroatoms. The van der Waals surface area contributed by atoms with Gasteiger partial charge in [0.1, 0.15) is 0 Å². The van der Waals surface area contributed by atoms with E-state index in [1.54, 1.807) is 0 Å². The number of aromatic nitrogens is 1. The molecule has 1 saturated carbocycles. The van der Waals surface area contributed by atoms with Crippen molar-refractivity contribution in [3.8, 4) is 0 Å². The maximum atomic E-state index is 11.2. The van der Waals surface area contributed by atoms with Gasteiger partial charge in [-0.15, -0.1) is 0 Å². The highest BCUT2D eigenvalue weighted by molar-refractivity contribution is 7.07. The predicted octanol–water partition coefficient (Wildman–Crippen LogP) is 1.79. The Balaban J connectivity index is 1.56. The average Bonchev–Trinajstić information content (AvgIpc) is 2.85. The molecule has 0 radical (unpaired) electrons. The molecular formula is C14H23N3OS. The minimum absolute atomic E-state index is 0.0639. The molecule has 2 aliphatic rings. The first-order valence-electron chi connectivity index (χ1n) is 7.44. The molecule has 2 fully saturated rings. The summed E-state index contributed by atoms with van der Waals surface area (Å²) in [5.74, 6) is 0.859. The van der Waals surface area contributed by atoms with Crippen LogP contribution in [-0.4, -0.2) is 35.6 Å². The van der Waals surface area contributed by atoms with Crippen molar-refractivity contribution in [1.82, 2.24) is 15.2 Å². The number of nitrogens with zero attached hydrogens (tertiary/aromatic N) is 1. The Morgan fingerprint density at radius 1 is 1.32 bits per heavy atom. The van der Waals surface area contributed by atoms with Crippen LogP contribution >= 0.6 is 11.3 Å². The largest absolute Gasteiger partial charge is 0.315 e. The summed E-state index contributed by atoms with van der Waals surface area (Å²) in [6.45, 7) is 4.18. The number of hydrogen-bond acceptors (Lipinski definition) is 4. The topological polar surface area (TPSA) is 48.1 Å². The van der Waals surface area contributed by atoms with Crippen LogP contribution < -0.4 is 10.2 Å². The molecule has 1 saturated heterocycles. The standard InChI is InChI=1S/C14H23N3OS/c18-14-16-12(10-19-14)8-17-7-6-15-13(9-17)11-4-2-1-3-5-11/h10-11,13,15H,1-9H2,(H,16,18). The quantitative estimate of drug-likeness (QED) is 0.888. The normalized spacial score (nSPS) is 26.6. The van der Waals surface area contributed by atoms with E-state index in [9.17, 15) is 4.79 Å². The zero-order chi connectivity index (χ0) is 13.1. The van der Waals surface area contributed by atoms with Crippen LogP contribution in [0.2, 0.25) is 0 Å². The Bertz CT molecular complexity index is 450. The molecule has 1 aromatic heterocycles. The summed E-state index contributed by atoms with van der Waals surface area (Å²) in [5.41, 5.74) is 1.07. The third-order valence-electron chi connectivity index (χ3n) is 4.47. The van der Waals surface area contributed by atoms with Crippen molar-refractivity contribution in [3.05, 3.63) is 20.7 Å². The van der Waals surface area contributed by atoms with E-state index in [0.717, 1.165) is 37.8 Å². The van der Waals surface area contributed by atoms with Gasteiger partial charge < -0.3 is 10.3 Å². The Kier molecular flexibility index (Phi) is 4.35. The van der Waals surface area contributed by atoms with Crippen LogP contribution in [0.4, 0.5) is 0 Å². The molecule has 2 heterocycles. The van der Waals surface area contributed by atoms with Crippen molar-refractivity contribution in [2.75, 3.05) is 19.6 Å². The number of thiazole rings is 1. The highest BCUT2D eigenvalue weighted by Gasteiger charge is 2.27. The molecular weight excluding hydrogens is 258 g/mol. The fraction of sp³-hybridized carbons (Fsp3) is 0.786. The number of hydrogen-bond donors (Lipinski definition) is 2. The molecule has 1 atom stereocenters.